The number of oxime groups is 1. The van der Waals surface area contributed by atoms with E-state index >= 15 is 0 Å². The van der Waals surface area contributed by atoms with Crippen molar-refractivity contribution in [3.63, 3.8) is 0 Å². The summed E-state index contributed by atoms with van der Waals surface area (Å²) >= 11 is 9.80. The number of carbonyl (C=O) groups is 3. The Morgan fingerprint density at radius 1 is 0.664 bits per heavy atom. The highest BCUT2D eigenvalue weighted by Crippen LogP contribution is 2.37. The number of aromatic amines is 1. The number of aliphatic imine (C=N–C) groups is 2. The summed E-state index contributed by atoms with van der Waals surface area (Å²) in [6.07, 6.45) is 20.3. The molecule has 17 rings (SSSR count). The molecule has 32 heteroatoms. The van der Waals surface area contributed by atoms with Gasteiger partial charge in [-0.25, -0.2) is 23.8 Å². The molecule has 3 saturated heterocycles. The number of aliphatic hydroxyl groups excluding tert-OH is 1. The van der Waals surface area contributed by atoms with Crippen molar-refractivity contribution in [3.05, 3.63) is 322 Å². The average Bonchev–Trinajstić information content (AvgIpc) is 1.63. The first-order valence-corrected chi connectivity index (χ1v) is 48.8. The molecule has 137 heavy (non-hydrogen) atoms. The van der Waals surface area contributed by atoms with Gasteiger partial charge in [0.1, 0.15) is 42.7 Å². The van der Waals surface area contributed by atoms with Crippen LogP contribution in [0.5, 0.6) is 0 Å². The lowest BCUT2D eigenvalue weighted by molar-refractivity contribution is -0.304. The number of aliphatic hydroxyl groups is 1. The van der Waals surface area contributed by atoms with Gasteiger partial charge in [0.05, 0.1) is 42.4 Å². The lowest BCUT2D eigenvalue weighted by atomic mass is 9.96. The van der Waals surface area contributed by atoms with E-state index in [2.05, 4.69) is 180 Å². The van der Waals surface area contributed by atoms with E-state index in [1.54, 1.807) is 47.0 Å². The first-order chi connectivity index (χ1) is 66.6. The minimum atomic E-state index is -0.843. The maximum absolute atomic E-state index is 14.3. The summed E-state index contributed by atoms with van der Waals surface area (Å²) in [5.74, 6) is -1.06. The number of nitrogens with zero attached hydrogens (tertiary/aromatic N) is 7. The van der Waals surface area contributed by atoms with Gasteiger partial charge >= 0.3 is 17.9 Å². The molecule has 0 aliphatic carbocycles. The molecule has 9 aromatic rings. The van der Waals surface area contributed by atoms with Crippen LogP contribution < -0.4 is 27.2 Å². The van der Waals surface area contributed by atoms with E-state index in [9.17, 15) is 38.9 Å². The van der Waals surface area contributed by atoms with Gasteiger partial charge in [-0.15, -0.1) is 29.3 Å². The summed E-state index contributed by atoms with van der Waals surface area (Å²) in [7, 11) is 0. The number of likely N-dealkylation sites (tertiary alicyclic amines) is 2. The number of benzene rings is 6. The fourth-order valence-electron chi connectivity index (χ4n) is 16.6. The Bertz CT molecular complexity index is 5440. The van der Waals surface area contributed by atoms with E-state index in [0.717, 1.165) is 199 Å². The molecule has 3 aromatic heterocycles. The van der Waals surface area contributed by atoms with E-state index in [0.29, 0.717) is 87.5 Å². The molecular formula is C105H131ClFN12O16S2+. The van der Waals surface area contributed by atoms with E-state index in [1.807, 2.05) is 104 Å². The highest BCUT2D eigenvalue weighted by molar-refractivity contribution is 7.14. The Morgan fingerprint density at radius 2 is 1.26 bits per heavy atom. The van der Waals surface area contributed by atoms with Crippen molar-refractivity contribution >= 4 is 92.0 Å². The topological polar surface area (TPSA) is 388 Å². The van der Waals surface area contributed by atoms with Crippen molar-refractivity contribution in [2.24, 2.45) is 38.6 Å². The monoisotopic (exact) mass is 1930 g/mol. The molecule has 0 bridgehead atoms. The molecule has 13 N–H and O–H groups in total. The molecule has 8 aliphatic rings. The molecule has 3 fully saturated rings. The van der Waals surface area contributed by atoms with Crippen LogP contribution in [0.4, 0.5) is 10.1 Å². The summed E-state index contributed by atoms with van der Waals surface area (Å²) in [6.45, 7) is 24.4. The first-order valence-electron chi connectivity index (χ1n) is 46.7. The predicted octanol–water partition coefficient (Wildman–Crippen LogP) is 16.6. The van der Waals surface area contributed by atoms with Crippen molar-refractivity contribution in [2.45, 2.75) is 117 Å². The molecule has 5 unspecified atom stereocenters. The van der Waals surface area contributed by atoms with Crippen LogP contribution in [0.2, 0.25) is 5.02 Å². The minimum absolute atomic E-state index is 0.0279. The van der Waals surface area contributed by atoms with Gasteiger partial charge in [0.2, 0.25) is 0 Å². The third-order valence-electron chi connectivity index (χ3n) is 24.1. The van der Waals surface area contributed by atoms with E-state index < -0.39 is 17.9 Å². The van der Waals surface area contributed by atoms with Crippen LogP contribution in [0.25, 0.3) is 11.1 Å². The van der Waals surface area contributed by atoms with Crippen LogP contribution in [0.1, 0.15) is 143 Å². The molecule has 732 valence electrons. The fraction of sp³-hybridized carbons (Fsp3) is 0.390. The van der Waals surface area contributed by atoms with Gasteiger partial charge in [-0.1, -0.05) is 186 Å². The van der Waals surface area contributed by atoms with Crippen molar-refractivity contribution in [1.29, 1.82) is 0 Å². The third-order valence-corrected chi connectivity index (χ3v) is 26.4. The first kappa shape index (κ1) is 108. The Hall–Kier alpha value is -11.0. The second-order valence-corrected chi connectivity index (χ2v) is 36.3. The molecule has 28 nitrogen and oxygen atoms in total. The van der Waals surface area contributed by atoms with Gasteiger partial charge in [-0.2, -0.15) is 9.73 Å². The lowest BCUT2D eigenvalue weighted by Crippen LogP contribution is -2.41. The summed E-state index contributed by atoms with van der Waals surface area (Å²) in [6, 6.07) is 57.4. The number of carboxylic acids is 3. The van der Waals surface area contributed by atoms with Crippen LogP contribution in [-0.2, 0) is 46.8 Å². The number of hydrogen-bond acceptors (Lipinski definition) is 25. The smallest absolute Gasteiger partial charge is 0.332 e. The second-order valence-electron chi connectivity index (χ2n) is 34.0. The average molecular weight is 1940 g/mol. The Balaban J connectivity index is 0.000000167. The number of rotatable bonds is 29. The zero-order valence-electron chi connectivity index (χ0n) is 78.3. The number of H-pyrrole nitrogens is 1. The Labute approximate surface area is 814 Å². The summed E-state index contributed by atoms with van der Waals surface area (Å²) < 4.78 is 21.3. The molecule has 8 aliphatic heterocycles. The van der Waals surface area contributed by atoms with Gasteiger partial charge in [0.25, 0.3) is 11.4 Å². The van der Waals surface area contributed by atoms with Crippen LogP contribution >= 0.6 is 34.3 Å². The molecule has 0 radical (unpaired) electrons. The number of fused-ring (bicyclic) bond motifs is 3. The van der Waals surface area contributed by atoms with Gasteiger partial charge < -0.3 is 61.3 Å². The number of aryl methyl sites for hydroxylation is 2. The zero-order valence-corrected chi connectivity index (χ0v) is 80.7. The quantitative estimate of drug-likeness (QED) is 0.00517. The number of amidine groups is 1. The minimum Gasteiger partial charge on any atom is -0.481 e. The number of piperidine rings is 3. The van der Waals surface area contributed by atoms with Crippen molar-refractivity contribution < 1.29 is 83.6 Å². The standard InChI is InChI=1S/C22H25NO2.C21H22N2O3.C20H25NO2S2.C18H14ClFN3.C6H8N2O2.C6H13NO3.C6H11NO2.C6H13NO2/c24-22(25)20-13-7-15-23(17-20)16-8-14-21(18-9-3-1-4-10-18)19-11-5-2-6-12-19;24-21(25)19-12-7-13-23(16-19)14-15-26-22-20(17-8-3-1-4-9-17)18-10-5-2-6-11-18;1-14-7-11-24-18(14)17(19-15(2)8-12-25-19)6-4-10-21-9-3-5-16(13-21)20(22)23;1-11-21-9-13-10-22-18(14-4-2-3-5-16(14)20)15-8-12(19)6-7-17(15)23(11)13;9-6-4-3-7-2-1-5(4)10-8-6;8-6-1-2-7-3-5(6)4-10-9;8-9-5-6-2-1-3-7-4-6;1-2-6(7)4-3-5-9-8/h1-6,9-12,14,20H,7-8,13,15-17H2,(H,24,25);1-6,8-12H,7,13-16H2,(H,24,25);6-8,11-12,16H,3-5,9-10,13H2,1-2H3,(H,22,23);2-8H,9-10H2,1H3;7H,1-3H2,(H,8,9);5-9H,1-4H2;2,7-8H,1,3-5H2;2,6,8H,1,3-5,7H2/q;;;+1;;;;. The number of hydrogen-bond donors (Lipinski definition) is 12. The normalized spacial score (nSPS) is 17.9. The maximum Gasteiger partial charge on any atom is 0.332 e. The second kappa shape index (κ2) is 59.3. The number of thiophene rings is 2. The molecule has 5 atom stereocenters. The SMILES string of the molecule is C=CC(N)CCCOO.CC1=NCC2=[N+]1c1ccc(Cl)cc1C(c1ccccc1F)=NC2.Cc1ccsc1C(=CCCN1CCCC(C(=O)O)C1)c1sccc1C.O=C(O)C1=CCCN(CCON=C(c2ccccc2)c2ccccc2)C1.O=C(O)C1CCCN(CCC=C(c2ccccc2)c2ccccc2)C1.O=c1[nH]oc2c1CNCC2.OOCC1=CCCNC1.OOCC1CNCCC1O. The van der Waals surface area contributed by atoms with Crippen LogP contribution in [0, 0.1) is 37.4 Å². The Kier molecular flexibility index (Phi) is 46.8. The van der Waals surface area contributed by atoms with Crippen molar-refractivity contribution in [2.75, 3.05) is 131 Å². The predicted molar refractivity (Wildman–Crippen MR) is 541 cm³/mol. The zero-order chi connectivity index (χ0) is 97.5. The molecular weight excluding hydrogens is 1800 g/mol. The van der Waals surface area contributed by atoms with Crippen molar-refractivity contribution in [1.82, 2.24) is 35.8 Å². The van der Waals surface area contributed by atoms with E-state index in [-0.39, 0.29) is 47.9 Å². The number of halogens is 2. The lowest BCUT2D eigenvalue weighted by Gasteiger charge is -2.30. The molecule has 0 amide bonds. The number of nitrogens with two attached hydrogens (primary N) is 1. The van der Waals surface area contributed by atoms with E-state index in [4.69, 9.17) is 47.6 Å². The fourth-order valence-corrected chi connectivity index (χ4v) is 18.8. The largest absolute Gasteiger partial charge is 0.481 e. The highest BCUT2D eigenvalue weighted by atomic mass is 35.5. The van der Waals surface area contributed by atoms with E-state index in [1.165, 1.54) is 49.2 Å². The maximum atomic E-state index is 14.3. The van der Waals surface area contributed by atoms with Crippen LogP contribution in [-0.4, -0.2) is 245 Å². The van der Waals surface area contributed by atoms with Gasteiger partial charge in [-0.05, 0) is 197 Å². The summed E-state index contributed by atoms with van der Waals surface area (Å²) in [4.78, 5) is 80.3. The number of carboxylic acid groups (broad SMARTS) is 3. The number of aromatic nitrogens is 1. The Morgan fingerprint density at radius 3 is 1.80 bits per heavy atom. The summed E-state index contributed by atoms with van der Waals surface area (Å²) in [5.41, 5.74) is 22.1. The van der Waals surface area contributed by atoms with Gasteiger partial charge in [-0.3, -0.25) is 40.0 Å². The van der Waals surface area contributed by atoms with Crippen LogP contribution in [0.15, 0.2) is 259 Å². The molecule has 0 spiro atoms. The molecule has 11 heterocycles. The van der Waals surface area contributed by atoms with Gasteiger partial charge in [0.15, 0.2) is 12.3 Å². The van der Waals surface area contributed by atoms with Gasteiger partial charge in [0, 0.05) is 145 Å². The molecule has 0 saturated carbocycles. The number of nitrogens with one attached hydrogen (secondary N) is 4. The van der Waals surface area contributed by atoms with Crippen molar-refractivity contribution in [3.8, 4) is 0 Å². The highest BCUT2D eigenvalue weighted by Gasteiger charge is 2.34. The molecule has 6 aromatic carbocycles. The third kappa shape index (κ3) is 35.1. The number of aliphatic carboxylic acids is 3. The summed E-state index contributed by atoms with van der Waals surface area (Å²) in [5, 5.41) is 81.8. The van der Waals surface area contributed by atoms with Crippen LogP contribution in [0.3, 0.4) is 0 Å².